The van der Waals surface area contributed by atoms with Crippen LogP contribution in [0.5, 0.6) is 0 Å². The Kier molecular flexibility index (Phi) is 9.84. The molecule has 1 N–H and O–H groups in total. The first-order valence-corrected chi connectivity index (χ1v) is 5.12. The zero-order valence-corrected chi connectivity index (χ0v) is 8.73. The topological polar surface area (TPSA) is 12.0 Å². The van der Waals surface area contributed by atoms with Crippen LogP contribution in [0.2, 0.25) is 0 Å². The van der Waals surface area contributed by atoms with Gasteiger partial charge in [0.1, 0.15) is 0 Å². The van der Waals surface area contributed by atoms with Gasteiger partial charge in [0.2, 0.25) is 0 Å². The van der Waals surface area contributed by atoms with Gasteiger partial charge in [-0.2, -0.15) is 0 Å². The number of hydrogen-bond donors (Lipinski definition) is 1. The number of rotatable bonds is 6. The van der Waals surface area contributed by atoms with Crippen LogP contribution in [-0.4, -0.2) is 13.1 Å². The molecule has 0 fully saturated rings. The second-order valence-corrected chi connectivity index (χ2v) is 2.97. The van der Waals surface area contributed by atoms with Crippen LogP contribution in [0, 0.1) is 0 Å². The van der Waals surface area contributed by atoms with E-state index in [-0.39, 0.29) is 0 Å². The largest absolute Gasteiger partial charge is 0.316 e. The van der Waals surface area contributed by atoms with Gasteiger partial charge in [-0.05, 0) is 30.0 Å². The molecule has 0 aromatic heterocycles. The first kappa shape index (κ1) is 10.4. The molecule has 0 aliphatic heterocycles. The third kappa shape index (κ3) is 8.43. The molecule has 0 aliphatic carbocycles. The van der Waals surface area contributed by atoms with E-state index in [2.05, 4.69) is 45.0 Å². The predicted molar refractivity (Wildman–Crippen MR) is 55.6 cm³/mol. The van der Waals surface area contributed by atoms with Crippen molar-refractivity contribution < 1.29 is 0 Å². The SMILES string of the molecule is CCCCNCC/C=C\I. The van der Waals surface area contributed by atoms with Crippen molar-refractivity contribution in [1.29, 1.82) is 0 Å². The van der Waals surface area contributed by atoms with Crippen LogP contribution in [0.1, 0.15) is 26.2 Å². The Morgan fingerprint density at radius 2 is 2.20 bits per heavy atom. The molecule has 0 rings (SSSR count). The molecule has 0 atom stereocenters. The van der Waals surface area contributed by atoms with Crippen LogP contribution in [-0.2, 0) is 0 Å². The van der Waals surface area contributed by atoms with E-state index < -0.39 is 0 Å². The van der Waals surface area contributed by atoms with Crippen molar-refractivity contribution in [2.75, 3.05) is 13.1 Å². The van der Waals surface area contributed by atoms with Gasteiger partial charge in [-0.3, -0.25) is 0 Å². The zero-order chi connectivity index (χ0) is 7.66. The van der Waals surface area contributed by atoms with E-state index >= 15 is 0 Å². The van der Waals surface area contributed by atoms with Gasteiger partial charge >= 0.3 is 0 Å². The molecule has 0 saturated heterocycles. The molecule has 0 unspecified atom stereocenters. The molecule has 0 bridgehead atoms. The lowest BCUT2D eigenvalue weighted by molar-refractivity contribution is 0.645. The Bertz CT molecular complexity index is 81.3. The maximum atomic E-state index is 3.37. The summed E-state index contributed by atoms with van der Waals surface area (Å²) in [7, 11) is 0. The average Bonchev–Trinajstić information content (AvgIpc) is 1.97. The molecule has 0 heterocycles. The first-order chi connectivity index (χ1) is 4.91. The lowest BCUT2D eigenvalue weighted by atomic mass is 10.3. The minimum atomic E-state index is 1.12. The van der Waals surface area contributed by atoms with E-state index in [9.17, 15) is 0 Å². The van der Waals surface area contributed by atoms with Crippen molar-refractivity contribution in [2.45, 2.75) is 26.2 Å². The summed E-state index contributed by atoms with van der Waals surface area (Å²) in [5.41, 5.74) is 0. The highest BCUT2D eigenvalue weighted by Crippen LogP contribution is 1.87. The monoisotopic (exact) mass is 253 g/mol. The molecule has 0 aliphatic rings. The van der Waals surface area contributed by atoms with Gasteiger partial charge in [0, 0.05) is 0 Å². The van der Waals surface area contributed by atoms with Gasteiger partial charge in [-0.15, -0.1) is 0 Å². The van der Waals surface area contributed by atoms with E-state index in [0.717, 1.165) is 13.0 Å². The quantitative estimate of drug-likeness (QED) is 0.567. The molecule has 60 valence electrons. The van der Waals surface area contributed by atoms with Gasteiger partial charge in [-0.25, -0.2) is 0 Å². The third-order valence-electron chi connectivity index (χ3n) is 1.28. The van der Waals surface area contributed by atoms with Crippen molar-refractivity contribution in [3.8, 4) is 0 Å². The number of halogens is 1. The Labute approximate surface area is 77.4 Å². The van der Waals surface area contributed by atoms with Crippen LogP contribution < -0.4 is 5.32 Å². The second kappa shape index (κ2) is 9.43. The molecule has 0 radical (unpaired) electrons. The van der Waals surface area contributed by atoms with Crippen LogP contribution in [0.4, 0.5) is 0 Å². The summed E-state index contributed by atoms with van der Waals surface area (Å²) in [5.74, 6) is 0. The van der Waals surface area contributed by atoms with Crippen molar-refractivity contribution in [1.82, 2.24) is 5.32 Å². The van der Waals surface area contributed by atoms with Crippen LogP contribution >= 0.6 is 22.6 Å². The number of nitrogens with one attached hydrogen (secondary N) is 1. The van der Waals surface area contributed by atoms with Gasteiger partial charge in [0.25, 0.3) is 0 Å². The lowest BCUT2D eigenvalue weighted by Crippen LogP contribution is -2.15. The minimum absolute atomic E-state index is 1.12. The van der Waals surface area contributed by atoms with Crippen molar-refractivity contribution in [3.05, 3.63) is 10.2 Å². The van der Waals surface area contributed by atoms with E-state index in [0.29, 0.717) is 0 Å². The van der Waals surface area contributed by atoms with Crippen molar-refractivity contribution in [3.63, 3.8) is 0 Å². The smallest absolute Gasteiger partial charge is 0.00140 e. The third-order valence-corrected chi connectivity index (χ3v) is 1.79. The molecule has 0 saturated carbocycles. The molecule has 0 spiro atoms. The minimum Gasteiger partial charge on any atom is -0.316 e. The number of unbranched alkanes of at least 4 members (excludes halogenated alkanes) is 1. The first-order valence-electron chi connectivity index (χ1n) is 3.87. The van der Waals surface area contributed by atoms with E-state index in [1.165, 1.54) is 19.4 Å². The summed E-state index contributed by atoms with van der Waals surface area (Å²) in [4.78, 5) is 0. The Morgan fingerprint density at radius 3 is 2.80 bits per heavy atom. The fraction of sp³-hybridized carbons (Fsp3) is 0.750. The Balaban J connectivity index is 2.77. The van der Waals surface area contributed by atoms with E-state index in [1.54, 1.807) is 0 Å². The molecule has 2 heteroatoms. The van der Waals surface area contributed by atoms with Crippen molar-refractivity contribution >= 4 is 22.6 Å². The Morgan fingerprint density at radius 1 is 1.40 bits per heavy atom. The highest BCUT2D eigenvalue weighted by atomic mass is 127. The summed E-state index contributed by atoms with van der Waals surface area (Å²) in [6.07, 6.45) is 5.93. The van der Waals surface area contributed by atoms with Gasteiger partial charge in [0.05, 0.1) is 0 Å². The molecular formula is C8H16IN. The fourth-order valence-electron chi connectivity index (χ4n) is 0.675. The van der Waals surface area contributed by atoms with Crippen LogP contribution in [0.3, 0.4) is 0 Å². The lowest BCUT2D eigenvalue weighted by Gasteiger charge is -1.98. The molecule has 0 amide bonds. The van der Waals surface area contributed by atoms with E-state index in [4.69, 9.17) is 0 Å². The Hall–Kier alpha value is 0.430. The second-order valence-electron chi connectivity index (χ2n) is 2.25. The summed E-state index contributed by atoms with van der Waals surface area (Å²) >= 11 is 2.25. The molecule has 0 aromatic rings. The summed E-state index contributed by atoms with van der Waals surface area (Å²) in [6, 6.07) is 0. The van der Waals surface area contributed by atoms with Gasteiger partial charge < -0.3 is 5.32 Å². The molecule has 0 aromatic carbocycles. The molecule has 1 nitrogen and oxygen atoms in total. The standard InChI is InChI=1S/C8H16IN/c1-2-3-7-10-8-5-4-6-9/h4,6,10H,2-3,5,7-8H2,1H3/b6-4-. The van der Waals surface area contributed by atoms with Crippen LogP contribution in [0.15, 0.2) is 10.2 Å². The van der Waals surface area contributed by atoms with E-state index in [1.807, 2.05) is 0 Å². The highest BCUT2D eigenvalue weighted by molar-refractivity contribution is 14.1. The van der Waals surface area contributed by atoms with Gasteiger partial charge in [0.15, 0.2) is 0 Å². The summed E-state index contributed by atoms with van der Waals surface area (Å²) < 4.78 is 2.07. The highest BCUT2D eigenvalue weighted by Gasteiger charge is 1.82. The zero-order valence-electron chi connectivity index (χ0n) is 6.57. The summed E-state index contributed by atoms with van der Waals surface area (Å²) in [5, 5.41) is 3.37. The summed E-state index contributed by atoms with van der Waals surface area (Å²) in [6.45, 7) is 4.51. The van der Waals surface area contributed by atoms with Gasteiger partial charge in [-0.1, -0.05) is 42.0 Å². The predicted octanol–water partition coefficient (Wildman–Crippen LogP) is 2.71. The average molecular weight is 253 g/mol. The maximum Gasteiger partial charge on any atom is -0.00140 e. The maximum absolute atomic E-state index is 3.37. The van der Waals surface area contributed by atoms with Crippen molar-refractivity contribution in [2.24, 2.45) is 0 Å². The molecular weight excluding hydrogens is 237 g/mol. The molecule has 10 heavy (non-hydrogen) atoms. The normalized spacial score (nSPS) is 11.0. The fourth-order valence-corrected chi connectivity index (χ4v) is 1.03. The number of hydrogen-bond acceptors (Lipinski definition) is 1. The van der Waals surface area contributed by atoms with Crippen LogP contribution in [0.25, 0.3) is 0 Å².